The first-order valence-electron chi connectivity index (χ1n) is 7.79. The molecule has 0 aliphatic carbocycles. The summed E-state index contributed by atoms with van der Waals surface area (Å²) in [4.78, 5) is 3.51. The average molecular weight is 347 g/mol. The van der Waals surface area contributed by atoms with Crippen LogP contribution in [0.4, 0.5) is 13.2 Å². The van der Waals surface area contributed by atoms with Gasteiger partial charge in [0.25, 0.3) is 0 Å². The number of halogens is 3. The number of benzene rings is 2. The second-order valence-electron chi connectivity index (χ2n) is 5.68. The predicted molar refractivity (Wildman–Crippen MR) is 86.7 cm³/mol. The summed E-state index contributed by atoms with van der Waals surface area (Å²) in [5, 5.41) is 9.97. The maximum Gasteiger partial charge on any atom is 0.451 e. The van der Waals surface area contributed by atoms with E-state index in [1.807, 2.05) is 54.6 Å². The Morgan fingerprint density at radius 2 is 1.60 bits per heavy atom. The highest BCUT2D eigenvalue weighted by Crippen LogP contribution is 2.31. The van der Waals surface area contributed by atoms with Crippen molar-refractivity contribution in [2.24, 2.45) is 0 Å². The van der Waals surface area contributed by atoms with E-state index >= 15 is 0 Å². The topological polar surface area (TPSA) is 46.3 Å². The molecule has 0 spiro atoms. The van der Waals surface area contributed by atoms with Crippen LogP contribution in [0.1, 0.15) is 29.7 Å². The summed E-state index contributed by atoms with van der Waals surface area (Å²) in [6.45, 7) is 0. The van der Waals surface area contributed by atoms with Crippen LogP contribution in [0.3, 0.4) is 0 Å². The third-order valence-electron chi connectivity index (χ3n) is 3.86. The molecule has 130 valence electrons. The van der Waals surface area contributed by atoms with Crippen molar-refractivity contribution < 1.29 is 22.7 Å². The summed E-state index contributed by atoms with van der Waals surface area (Å²) >= 11 is 0. The number of aliphatic hydroxyl groups excluding tert-OH is 1. The summed E-state index contributed by atoms with van der Waals surface area (Å²) in [5.41, 5.74) is 3.15. The van der Waals surface area contributed by atoms with Crippen LogP contribution in [-0.4, -0.2) is 10.1 Å². The average Bonchev–Trinajstić information content (AvgIpc) is 3.11. The number of oxazole rings is 1. The summed E-state index contributed by atoms with van der Waals surface area (Å²) in [5.74, 6) is -1.51. The van der Waals surface area contributed by atoms with Crippen molar-refractivity contribution >= 4 is 0 Å². The Balaban J connectivity index is 1.61. The number of aryl methyl sites for hydroxylation is 1. The quantitative estimate of drug-likeness (QED) is 0.704. The number of hydrogen-bond donors (Lipinski definition) is 1. The van der Waals surface area contributed by atoms with Crippen LogP contribution in [0.2, 0.25) is 0 Å². The van der Waals surface area contributed by atoms with Crippen molar-refractivity contribution in [2.75, 3.05) is 0 Å². The molecule has 6 heteroatoms. The van der Waals surface area contributed by atoms with Gasteiger partial charge in [0.1, 0.15) is 6.10 Å². The first-order valence-corrected chi connectivity index (χ1v) is 7.79. The molecule has 0 radical (unpaired) electrons. The molecule has 0 fully saturated rings. The van der Waals surface area contributed by atoms with Gasteiger partial charge in [0.2, 0.25) is 11.7 Å². The van der Waals surface area contributed by atoms with E-state index in [0.717, 1.165) is 16.7 Å². The molecule has 1 unspecified atom stereocenters. The van der Waals surface area contributed by atoms with Gasteiger partial charge in [-0.25, -0.2) is 4.98 Å². The van der Waals surface area contributed by atoms with Gasteiger partial charge in [-0.2, -0.15) is 13.2 Å². The van der Waals surface area contributed by atoms with Crippen molar-refractivity contribution in [3.8, 4) is 11.1 Å². The van der Waals surface area contributed by atoms with Crippen LogP contribution in [0.5, 0.6) is 0 Å². The molecular weight excluding hydrogens is 331 g/mol. The van der Waals surface area contributed by atoms with Gasteiger partial charge in [0.15, 0.2) is 0 Å². The van der Waals surface area contributed by atoms with Gasteiger partial charge in [-0.3, -0.25) is 0 Å². The van der Waals surface area contributed by atoms with Crippen molar-refractivity contribution in [1.29, 1.82) is 0 Å². The van der Waals surface area contributed by atoms with Crippen LogP contribution >= 0.6 is 0 Å². The van der Waals surface area contributed by atoms with Crippen LogP contribution < -0.4 is 0 Å². The number of alkyl halides is 3. The van der Waals surface area contributed by atoms with Crippen LogP contribution in [-0.2, 0) is 12.6 Å². The second kappa shape index (κ2) is 7.11. The van der Waals surface area contributed by atoms with E-state index in [1.165, 1.54) is 0 Å². The van der Waals surface area contributed by atoms with E-state index in [9.17, 15) is 18.3 Å². The summed E-state index contributed by atoms with van der Waals surface area (Å²) < 4.78 is 42.0. The third kappa shape index (κ3) is 4.28. The number of aliphatic hydroxyl groups is 1. The van der Waals surface area contributed by atoms with Gasteiger partial charge < -0.3 is 9.52 Å². The molecule has 1 N–H and O–H groups in total. The van der Waals surface area contributed by atoms with E-state index in [2.05, 4.69) is 9.40 Å². The molecule has 1 heterocycles. The molecule has 1 aromatic heterocycles. The second-order valence-corrected chi connectivity index (χ2v) is 5.68. The normalized spacial score (nSPS) is 13.0. The van der Waals surface area contributed by atoms with Gasteiger partial charge in [0.05, 0.1) is 6.20 Å². The van der Waals surface area contributed by atoms with Crippen LogP contribution in [0, 0.1) is 0 Å². The van der Waals surface area contributed by atoms with Crippen molar-refractivity contribution in [3.63, 3.8) is 0 Å². The van der Waals surface area contributed by atoms with Crippen molar-refractivity contribution in [1.82, 2.24) is 4.98 Å². The fourth-order valence-corrected chi connectivity index (χ4v) is 2.49. The largest absolute Gasteiger partial charge is 0.451 e. The number of rotatable bonds is 5. The maximum absolute atomic E-state index is 12.5. The SMILES string of the molecule is OC(CCc1ccc(-c2ccccc2)cc1)c1ncc(C(F)(F)F)o1. The monoisotopic (exact) mass is 347 g/mol. The zero-order valence-electron chi connectivity index (χ0n) is 13.2. The molecule has 0 saturated carbocycles. The first-order chi connectivity index (χ1) is 11.9. The number of hydrogen-bond acceptors (Lipinski definition) is 3. The first kappa shape index (κ1) is 17.2. The van der Waals surface area contributed by atoms with Crippen molar-refractivity contribution in [2.45, 2.75) is 25.1 Å². The Bertz CT molecular complexity index is 811. The Hall–Kier alpha value is -2.60. The molecule has 0 aliphatic heterocycles. The lowest BCUT2D eigenvalue weighted by Gasteiger charge is -2.08. The lowest BCUT2D eigenvalue weighted by molar-refractivity contribution is -0.154. The highest BCUT2D eigenvalue weighted by Gasteiger charge is 2.36. The Labute approximate surface area is 142 Å². The predicted octanol–water partition coefficient (Wildman–Crippen LogP) is 5.03. The minimum absolute atomic E-state index is 0.225. The molecule has 1 atom stereocenters. The lowest BCUT2D eigenvalue weighted by Crippen LogP contribution is -2.03. The highest BCUT2D eigenvalue weighted by molar-refractivity contribution is 5.63. The fourth-order valence-electron chi connectivity index (χ4n) is 2.49. The molecule has 3 nitrogen and oxygen atoms in total. The summed E-state index contributed by atoms with van der Waals surface area (Å²) in [6, 6.07) is 17.7. The standard InChI is InChI=1S/C19H16F3NO2/c20-19(21,22)17-12-23-18(25-17)16(24)11-8-13-6-9-15(10-7-13)14-4-2-1-3-5-14/h1-7,9-10,12,16,24H,8,11H2. The molecule has 2 aromatic carbocycles. The Morgan fingerprint density at radius 3 is 2.20 bits per heavy atom. The van der Waals surface area contributed by atoms with Gasteiger partial charge in [-0.1, -0.05) is 54.6 Å². The van der Waals surface area contributed by atoms with Gasteiger partial charge >= 0.3 is 6.18 Å². The summed E-state index contributed by atoms with van der Waals surface area (Å²) in [6.07, 6.45) is -4.46. The molecule has 0 amide bonds. The van der Waals surface area contributed by atoms with E-state index < -0.39 is 18.0 Å². The molecule has 0 aliphatic rings. The fraction of sp³-hybridized carbons (Fsp3) is 0.211. The minimum Gasteiger partial charge on any atom is -0.433 e. The minimum atomic E-state index is -4.60. The highest BCUT2D eigenvalue weighted by atomic mass is 19.4. The molecule has 25 heavy (non-hydrogen) atoms. The third-order valence-corrected chi connectivity index (χ3v) is 3.86. The van der Waals surface area contributed by atoms with E-state index in [4.69, 9.17) is 0 Å². The van der Waals surface area contributed by atoms with Gasteiger partial charge in [-0.05, 0) is 29.5 Å². The molecule has 3 aromatic rings. The van der Waals surface area contributed by atoms with Crippen LogP contribution in [0.25, 0.3) is 11.1 Å². The van der Waals surface area contributed by atoms with Crippen molar-refractivity contribution in [3.05, 3.63) is 78.0 Å². The Kier molecular flexibility index (Phi) is 4.90. The number of nitrogens with zero attached hydrogens (tertiary/aromatic N) is 1. The lowest BCUT2D eigenvalue weighted by atomic mass is 10.0. The maximum atomic E-state index is 12.5. The van der Waals surface area contributed by atoms with Crippen LogP contribution in [0.15, 0.2) is 65.2 Å². The molecule has 3 rings (SSSR count). The smallest absolute Gasteiger partial charge is 0.433 e. The van der Waals surface area contributed by atoms with E-state index in [0.29, 0.717) is 12.6 Å². The zero-order chi connectivity index (χ0) is 17.9. The van der Waals surface area contributed by atoms with E-state index in [-0.39, 0.29) is 12.3 Å². The summed E-state index contributed by atoms with van der Waals surface area (Å²) in [7, 11) is 0. The zero-order valence-corrected chi connectivity index (χ0v) is 13.2. The van der Waals surface area contributed by atoms with E-state index in [1.54, 1.807) is 0 Å². The van der Waals surface area contributed by atoms with Gasteiger partial charge in [0, 0.05) is 0 Å². The molecule has 0 saturated heterocycles. The Morgan fingerprint density at radius 1 is 0.960 bits per heavy atom. The van der Waals surface area contributed by atoms with Gasteiger partial charge in [-0.15, -0.1) is 0 Å². The molecular formula is C19H16F3NO2. The molecule has 0 bridgehead atoms. The number of aromatic nitrogens is 1.